The number of aromatic nitrogens is 2. The normalized spacial score (nSPS) is 15.4. The molecule has 2 heterocycles. The molecular weight excluding hydrogens is 430 g/mol. The Kier molecular flexibility index (Phi) is 8.18. The molecule has 0 fully saturated rings. The Bertz CT molecular complexity index is 961. The second-order valence-electron chi connectivity index (χ2n) is 7.52. The number of nitrogens with zero attached hydrogens (tertiary/aromatic N) is 3. The van der Waals surface area contributed by atoms with E-state index in [0.717, 1.165) is 30.8 Å². The second-order valence-corrected chi connectivity index (χ2v) is 8.77. The van der Waals surface area contributed by atoms with Crippen LogP contribution in [0.15, 0.2) is 35.4 Å². The van der Waals surface area contributed by atoms with Gasteiger partial charge in [0.2, 0.25) is 5.95 Å². The smallest absolute Gasteiger partial charge is 0.341 e. The fraction of sp³-hybridized carbons (Fsp3) is 0.409. The van der Waals surface area contributed by atoms with E-state index in [0.29, 0.717) is 34.6 Å². The van der Waals surface area contributed by atoms with Gasteiger partial charge in [0.1, 0.15) is 17.3 Å². The van der Waals surface area contributed by atoms with Crippen molar-refractivity contribution in [3.8, 4) is 11.5 Å². The van der Waals surface area contributed by atoms with Crippen LogP contribution in [0, 0.1) is 0 Å². The van der Waals surface area contributed by atoms with E-state index in [1.54, 1.807) is 32.6 Å². The SMILES string of the molecule is COc1cc(Nc2ncc(C3CC=C(C(=O)O)S3)c(NCCCN(C)C)n2)cc(OC)c1. The van der Waals surface area contributed by atoms with E-state index < -0.39 is 5.97 Å². The summed E-state index contributed by atoms with van der Waals surface area (Å²) < 4.78 is 10.7. The van der Waals surface area contributed by atoms with Crippen LogP contribution in [-0.4, -0.2) is 67.3 Å². The Morgan fingerprint density at radius 1 is 1.25 bits per heavy atom. The first-order valence-electron chi connectivity index (χ1n) is 10.3. The summed E-state index contributed by atoms with van der Waals surface area (Å²) >= 11 is 1.33. The lowest BCUT2D eigenvalue weighted by atomic mass is 10.1. The first kappa shape index (κ1) is 23.7. The zero-order valence-corrected chi connectivity index (χ0v) is 19.5. The van der Waals surface area contributed by atoms with Crippen LogP contribution < -0.4 is 20.1 Å². The number of thioether (sulfide) groups is 1. The molecular formula is C22H29N5O4S. The number of rotatable bonds is 11. The van der Waals surface area contributed by atoms with Crippen LogP contribution in [-0.2, 0) is 4.79 Å². The number of methoxy groups -OCH3 is 2. The zero-order valence-electron chi connectivity index (χ0n) is 18.7. The summed E-state index contributed by atoms with van der Waals surface area (Å²) in [5.74, 6) is 1.53. The van der Waals surface area contributed by atoms with E-state index in [-0.39, 0.29) is 5.25 Å². The van der Waals surface area contributed by atoms with Crippen LogP contribution in [0.25, 0.3) is 0 Å². The third-order valence-electron chi connectivity index (χ3n) is 4.84. The first-order chi connectivity index (χ1) is 15.4. The number of allylic oxidation sites excluding steroid dienone is 1. The van der Waals surface area contributed by atoms with Crippen LogP contribution in [0.4, 0.5) is 17.5 Å². The van der Waals surface area contributed by atoms with Crippen molar-refractivity contribution in [1.82, 2.24) is 14.9 Å². The lowest BCUT2D eigenvalue weighted by Crippen LogP contribution is -2.17. The minimum absolute atomic E-state index is 0.0385. The molecule has 2 aromatic rings. The topological polar surface area (TPSA) is 109 Å². The van der Waals surface area contributed by atoms with Crippen LogP contribution in [0.3, 0.4) is 0 Å². The van der Waals surface area contributed by atoms with Gasteiger partial charge in [-0.25, -0.2) is 9.78 Å². The summed E-state index contributed by atoms with van der Waals surface area (Å²) in [6.45, 7) is 1.69. The van der Waals surface area contributed by atoms with Gasteiger partial charge in [-0.3, -0.25) is 0 Å². The van der Waals surface area contributed by atoms with Crippen LogP contribution in [0.2, 0.25) is 0 Å². The van der Waals surface area contributed by atoms with Crippen molar-refractivity contribution < 1.29 is 19.4 Å². The Morgan fingerprint density at radius 2 is 1.97 bits per heavy atom. The van der Waals surface area contributed by atoms with E-state index in [2.05, 4.69) is 20.5 Å². The van der Waals surface area contributed by atoms with Crippen LogP contribution >= 0.6 is 11.8 Å². The number of carboxylic acids is 1. The van der Waals surface area contributed by atoms with Gasteiger partial charge in [0.05, 0.1) is 19.1 Å². The molecule has 0 saturated carbocycles. The number of ether oxygens (including phenoxy) is 2. The van der Waals surface area contributed by atoms with Crippen molar-refractivity contribution in [2.24, 2.45) is 0 Å². The van der Waals surface area contributed by atoms with E-state index in [1.165, 1.54) is 11.8 Å². The Hall–Kier alpha value is -2.98. The molecule has 1 aromatic carbocycles. The minimum atomic E-state index is -0.899. The average Bonchev–Trinajstić information content (AvgIpc) is 3.27. The highest BCUT2D eigenvalue weighted by Gasteiger charge is 2.27. The Morgan fingerprint density at radius 3 is 2.56 bits per heavy atom. The summed E-state index contributed by atoms with van der Waals surface area (Å²) in [5, 5.41) is 15.9. The first-order valence-corrected chi connectivity index (χ1v) is 11.1. The predicted octanol–water partition coefficient (Wildman–Crippen LogP) is 3.75. The molecule has 3 rings (SSSR count). The van der Waals surface area contributed by atoms with Crippen LogP contribution in [0.5, 0.6) is 11.5 Å². The van der Waals surface area contributed by atoms with Gasteiger partial charge in [-0.2, -0.15) is 4.98 Å². The molecule has 1 aliphatic rings. The fourth-order valence-corrected chi connectivity index (χ4v) is 4.32. The second kappa shape index (κ2) is 11.1. The van der Waals surface area contributed by atoms with Crippen molar-refractivity contribution in [3.63, 3.8) is 0 Å². The van der Waals surface area contributed by atoms with Gasteiger partial charge < -0.3 is 30.1 Å². The molecule has 0 amide bonds. The van der Waals surface area contributed by atoms with Crippen molar-refractivity contribution in [1.29, 1.82) is 0 Å². The highest BCUT2D eigenvalue weighted by atomic mass is 32.2. The highest BCUT2D eigenvalue weighted by Crippen LogP contribution is 2.45. The number of hydrogen-bond donors (Lipinski definition) is 3. The molecule has 32 heavy (non-hydrogen) atoms. The largest absolute Gasteiger partial charge is 0.497 e. The molecule has 0 bridgehead atoms. The molecule has 10 heteroatoms. The van der Waals surface area contributed by atoms with Gasteiger partial charge in [0, 0.05) is 47.4 Å². The lowest BCUT2D eigenvalue weighted by Gasteiger charge is -2.17. The number of carbonyl (C=O) groups is 1. The minimum Gasteiger partial charge on any atom is -0.497 e. The van der Waals surface area contributed by atoms with Crippen molar-refractivity contribution in [2.45, 2.75) is 18.1 Å². The highest BCUT2D eigenvalue weighted by molar-refractivity contribution is 8.04. The van der Waals surface area contributed by atoms with E-state index in [4.69, 9.17) is 14.5 Å². The maximum atomic E-state index is 11.3. The summed E-state index contributed by atoms with van der Waals surface area (Å²) in [5.41, 5.74) is 1.62. The number of carboxylic acid groups (broad SMARTS) is 1. The average molecular weight is 460 g/mol. The molecule has 0 saturated heterocycles. The van der Waals surface area contributed by atoms with Crippen molar-refractivity contribution in [2.75, 3.05) is 52.0 Å². The van der Waals surface area contributed by atoms with Gasteiger partial charge in [0.15, 0.2) is 0 Å². The van der Waals surface area contributed by atoms with Crippen molar-refractivity contribution >= 4 is 35.2 Å². The molecule has 0 spiro atoms. The Labute approximate surface area is 192 Å². The monoisotopic (exact) mass is 459 g/mol. The number of anilines is 3. The third kappa shape index (κ3) is 6.27. The Balaban J connectivity index is 1.82. The molecule has 172 valence electrons. The van der Waals surface area contributed by atoms with E-state index in [1.807, 2.05) is 26.2 Å². The molecule has 9 nitrogen and oxygen atoms in total. The van der Waals surface area contributed by atoms with Gasteiger partial charge in [-0.1, -0.05) is 6.08 Å². The van der Waals surface area contributed by atoms with E-state index >= 15 is 0 Å². The quantitative estimate of drug-likeness (QED) is 0.430. The number of hydrogen-bond acceptors (Lipinski definition) is 9. The number of benzene rings is 1. The summed E-state index contributed by atoms with van der Waals surface area (Å²) in [6.07, 6.45) is 5.09. The predicted molar refractivity (Wildman–Crippen MR) is 127 cm³/mol. The molecule has 3 N–H and O–H groups in total. The number of nitrogens with one attached hydrogen (secondary N) is 2. The third-order valence-corrected chi connectivity index (χ3v) is 6.17. The van der Waals surface area contributed by atoms with Gasteiger partial charge in [-0.05, 0) is 33.5 Å². The summed E-state index contributed by atoms with van der Waals surface area (Å²) in [4.78, 5) is 23.0. The molecule has 0 aliphatic carbocycles. The molecule has 1 unspecified atom stereocenters. The summed E-state index contributed by atoms with van der Waals surface area (Å²) in [7, 11) is 7.26. The van der Waals surface area contributed by atoms with Gasteiger partial charge >= 0.3 is 5.97 Å². The molecule has 1 atom stereocenters. The molecule has 1 aromatic heterocycles. The van der Waals surface area contributed by atoms with Gasteiger partial charge in [0.25, 0.3) is 0 Å². The number of aliphatic carboxylic acids is 1. The van der Waals surface area contributed by atoms with Crippen LogP contribution in [0.1, 0.15) is 23.7 Å². The summed E-state index contributed by atoms with van der Waals surface area (Å²) in [6, 6.07) is 5.46. The van der Waals surface area contributed by atoms with E-state index in [9.17, 15) is 9.90 Å². The molecule has 0 radical (unpaired) electrons. The fourth-order valence-electron chi connectivity index (χ4n) is 3.23. The maximum Gasteiger partial charge on any atom is 0.341 e. The standard InChI is InChI=1S/C22H29N5O4S/c1-27(2)9-5-8-23-20-17(18-6-7-19(32-18)21(28)29)13-24-22(26-20)25-14-10-15(30-3)12-16(11-14)31-4/h7,10-13,18H,5-6,8-9H2,1-4H3,(H,28,29)(H2,23,24,25,26). The zero-order chi connectivity index (χ0) is 23.1. The van der Waals surface area contributed by atoms with Gasteiger partial charge in [-0.15, -0.1) is 11.8 Å². The van der Waals surface area contributed by atoms with Crippen molar-refractivity contribution in [3.05, 3.63) is 40.9 Å². The lowest BCUT2D eigenvalue weighted by molar-refractivity contribution is -0.131. The maximum absolute atomic E-state index is 11.3. The molecule has 1 aliphatic heterocycles.